The van der Waals surface area contributed by atoms with Crippen molar-refractivity contribution >= 4 is 18.3 Å². The van der Waals surface area contributed by atoms with E-state index in [1.165, 1.54) is 0 Å². The molecule has 0 heterocycles. The Morgan fingerprint density at radius 3 is 2.30 bits per heavy atom. The van der Waals surface area contributed by atoms with Crippen LogP contribution in [0.5, 0.6) is 5.75 Å². The van der Waals surface area contributed by atoms with Gasteiger partial charge in [0.05, 0.1) is 18.2 Å². The Bertz CT molecular complexity index is 472. The normalized spacial score (nSPS) is 14.6. The molecule has 0 fully saturated rings. The monoisotopic (exact) mass is 342 g/mol. The Labute approximate surface area is 146 Å². The highest BCUT2D eigenvalue weighted by Gasteiger charge is 2.28. The topological polar surface area (TPSA) is 64.4 Å². The minimum absolute atomic E-state index is 0. The van der Waals surface area contributed by atoms with Gasteiger partial charge in [0.15, 0.2) is 0 Å². The molecule has 0 radical (unpaired) electrons. The summed E-state index contributed by atoms with van der Waals surface area (Å²) in [5.74, 6) is 1.24. The molecule has 0 aliphatic heterocycles. The second-order valence-electron chi connectivity index (χ2n) is 6.64. The summed E-state index contributed by atoms with van der Waals surface area (Å²) in [7, 11) is 0. The first kappa shape index (κ1) is 21.7. The summed E-state index contributed by atoms with van der Waals surface area (Å²) in [6.45, 7) is 10.7. The van der Waals surface area contributed by atoms with Gasteiger partial charge >= 0.3 is 0 Å². The summed E-state index contributed by atoms with van der Waals surface area (Å²) in [5, 5.41) is 2.99. The van der Waals surface area contributed by atoms with E-state index < -0.39 is 5.54 Å². The number of ether oxygens (including phenoxy) is 1. The molecule has 132 valence electrons. The van der Waals surface area contributed by atoms with Crippen LogP contribution in [0.4, 0.5) is 0 Å². The summed E-state index contributed by atoms with van der Waals surface area (Å²) >= 11 is 0. The molecule has 1 aromatic carbocycles. The molecule has 4 nitrogen and oxygen atoms in total. The van der Waals surface area contributed by atoms with E-state index in [-0.39, 0.29) is 24.4 Å². The Morgan fingerprint density at radius 1 is 1.26 bits per heavy atom. The number of halogens is 1. The fourth-order valence-electron chi connectivity index (χ4n) is 2.19. The Morgan fingerprint density at radius 2 is 1.83 bits per heavy atom. The average molecular weight is 343 g/mol. The van der Waals surface area contributed by atoms with Gasteiger partial charge in [-0.05, 0) is 43.9 Å². The Kier molecular flexibility index (Phi) is 9.25. The first-order valence-electron chi connectivity index (χ1n) is 8.09. The Balaban J connectivity index is 0.00000484. The van der Waals surface area contributed by atoms with Crippen LogP contribution in [0.25, 0.3) is 0 Å². The van der Waals surface area contributed by atoms with Crippen LogP contribution in [-0.2, 0) is 4.79 Å². The van der Waals surface area contributed by atoms with E-state index in [1.807, 2.05) is 38.1 Å². The van der Waals surface area contributed by atoms with Gasteiger partial charge in [0.25, 0.3) is 0 Å². The average Bonchev–Trinajstić information content (AvgIpc) is 2.45. The number of rotatable bonds is 8. The van der Waals surface area contributed by atoms with Crippen molar-refractivity contribution in [1.29, 1.82) is 0 Å². The zero-order chi connectivity index (χ0) is 16.8. The van der Waals surface area contributed by atoms with E-state index in [0.717, 1.165) is 17.7 Å². The van der Waals surface area contributed by atoms with Crippen LogP contribution in [-0.4, -0.2) is 18.1 Å². The van der Waals surface area contributed by atoms with Crippen LogP contribution in [0, 0.1) is 5.92 Å². The van der Waals surface area contributed by atoms with Crippen LogP contribution in [0.2, 0.25) is 0 Å². The van der Waals surface area contributed by atoms with E-state index >= 15 is 0 Å². The highest BCUT2D eigenvalue weighted by atomic mass is 35.5. The fraction of sp³-hybridized carbons (Fsp3) is 0.611. The Hall–Kier alpha value is -1.26. The molecular weight excluding hydrogens is 312 g/mol. The summed E-state index contributed by atoms with van der Waals surface area (Å²) in [5.41, 5.74) is 6.28. The number of nitrogens with two attached hydrogens (primary N) is 1. The standard InChI is InChI=1S/C18H30N2O2.ClH/c1-6-11-18(5,19)17(21)20-14(4)15-7-9-16(10-8-15)22-12-13(2)3;/h7-10,13-14H,6,11-12,19H2,1-5H3,(H,20,21);1H. The van der Waals surface area contributed by atoms with E-state index in [4.69, 9.17) is 10.5 Å². The van der Waals surface area contributed by atoms with Gasteiger partial charge in [-0.1, -0.05) is 39.3 Å². The third-order valence-corrected chi connectivity index (χ3v) is 3.60. The number of carbonyl (C=O) groups excluding carboxylic acids is 1. The van der Waals surface area contributed by atoms with Crippen LogP contribution in [0.15, 0.2) is 24.3 Å². The third-order valence-electron chi connectivity index (χ3n) is 3.60. The molecule has 5 heteroatoms. The van der Waals surface area contributed by atoms with Crippen molar-refractivity contribution in [3.05, 3.63) is 29.8 Å². The highest BCUT2D eigenvalue weighted by Crippen LogP contribution is 2.19. The van der Waals surface area contributed by atoms with E-state index in [9.17, 15) is 4.79 Å². The van der Waals surface area contributed by atoms with Crippen molar-refractivity contribution in [3.8, 4) is 5.75 Å². The predicted octanol–water partition coefficient (Wildman–Crippen LogP) is 3.84. The van der Waals surface area contributed by atoms with Crippen molar-refractivity contribution in [2.24, 2.45) is 11.7 Å². The summed E-state index contributed by atoms with van der Waals surface area (Å²) in [6.07, 6.45) is 1.56. The summed E-state index contributed by atoms with van der Waals surface area (Å²) in [6, 6.07) is 7.76. The predicted molar refractivity (Wildman–Crippen MR) is 98.1 cm³/mol. The first-order chi connectivity index (χ1) is 10.3. The highest BCUT2D eigenvalue weighted by molar-refractivity contribution is 5.86. The quantitative estimate of drug-likeness (QED) is 0.754. The number of hydrogen-bond donors (Lipinski definition) is 2. The lowest BCUT2D eigenvalue weighted by molar-refractivity contribution is -0.126. The third kappa shape index (κ3) is 7.23. The first-order valence-corrected chi connectivity index (χ1v) is 8.09. The number of nitrogens with one attached hydrogen (secondary N) is 1. The fourth-order valence-corrected chi connectivity index (χ4v) is 2.19. The van der Waals surface area contributed by atoms with Crippen LogP contribution in [0.1, 0.15) is 59.1 Å². The van der Waals surface area contributed by atoms with Gasteiger partial charge in [0.1, 0.15) is 5.75 Å². The van der Waals surface area contributed by atoms with Gasteiger partial charge in [-0.25, -0.2) is 0 Å². The lowest BCUT2D eigenvalue weighted by atomic mass is 9.95. The second-order valence-corrected chi connectivity index (χ2v) is 6.64. The lowest BCUT2D eigenvalue weighted by Gasteiger charge is -2.25. The molecule has 3 N–H and O–H groups in total. The van der Waals surface area contributed by atoms with Crippen molar-refractivity contribution in [3.63, 3.8) is 0 Å². The van der Waals surface area contributed by atoms with Gasteiger partial charge < -0.3 is 15.8 Å². The van der Waals surface area contributed by atoms with Gasteiger partial charge in [-0.2, -0.15) is 0 Å². The minimum atomic E-state index is -0.816. The largest absolute Gasteiger partial charge is 0.493 e. The maximum Gasteiger partial charge on any atom is 0.240 e. The molecule has 0 bridgehead atoms. The smallest absolute Gasteiger partial charge is 0.240 e. The van der Waals surface area contributed by atoms with Crippen LogP contribution >= 0.6 is 12.4 Å². The summed E-state index contributed by atoms with van der Waals surface area (Å²) in [4.78, 5) is 12.2. The molecule has 23 heavy (non-hydrogen) atoms. The zero-order valence-electron chi connectivity index (χ0n) is 14.9. The van der Waals surface area contributed by atoms with Gasteiger partial charge in [0, 0.05) is 0 Å². The van der Waals surface area contributed by atoms with Crippen LogP contribution in [0.3, 0.4) is 0 Å². The maximum atomic E-state index is 12.2. The molecule has 0 aliphatic rings. The van der Waals surface area contributed by atoms with Gasteiger partial charge in [-0.15, -0.1) is 12.4 Å². The molecule has 0 spiro atoms. The van der Waals surface area contributed by atoms with Crippen molar-refractivity contribution in [2.75, 3.05) is 6.61 Å². The minimum Gasteiger partial charge on any atom is -0.493 e. The zero-order valence-corrected chi connectivity index (χ0v) is 15.7. The number of benzene rings is 1. The molecule has 2 atom stereocenters. The van der Waals surface area contributed by atoms with E-state index in [1.54, 1.807) is 6.92 Å². The van der Waals surface area contributed by atoms with E-state index in [2.05, 4.69) is 19.2 Å². The van der Waals surface area contributed by atoms with Crippen molar-refractivity contribution < 1.29 is 9.53 Å². The van der Waals surface area contributed by atoms with Gasteiger partial charge in [-0.3, -0.25) is 4.79 Å². The molecule has 0 aromatic heterocycles. The lowest BCUT2D eigenvalue weighted by Crippen LogP contribution is -2.51. The van der Waals surface area contributed by atoms with Gasteiger partial charge in [0.2, 0.25) is 5.91 Å². The molecule has 0 saturated carbocycles. The van der Waals surface area contributed by atoms with Crippen molar-refractivity contribution in [2.45, 2.75) is 59.0 Å². The SMILES string of the molecule is CCCC(C)(N)C(=O)NC(C)c1ccc(OCC(C)C)cc1.Cl. The molecular formula is C18H31ClN2O2. The number of carbonyl (C=O) groups is 1. The maximum absolute atomic E-state index is 12.2. The molecule has 1 rings (SSSR count). The van der Waals surface area contributed by atoms with E-state index in [0.29, 0.717) is 18.9 Å². The van der Waals surface area contributed by atoms with Crippen LogP contribution < -0.4 is 15.8 Å². The number of hydrogen-bond acceptors (Lipinski definition) is 3. The van der Waals surface area contributed by atoms with Crippen molar-refractivity contribution in [1.82, 2.24) is 5.32 Å². The molecule has 0 aliphatic carbocycles. The molecule has 0 saturated heterocycles. The number of amides is 1. The second kappa shape index (κ2) is 9.78. The molecule has 1 aromatic rings. The molecule has 1 amide bonds. The molecule has 2 unspecified atom stereocenters. The summed E-state index contributed by atoms with van der Waals surface area (Å²) < 4.78 is 5.66.